The first-order valence-electron chi connectivity index (χ1n) is 11.2. The molecular weight excluding hydrogens is 464 g/mol. The van der Waals surface area contributed by atoms with Gasteiger partial charge in [-0.2, -0.15) is 21.0 Å². The number of esters is 1. The van der Waals surface area contributed by atoms with Gasteiger partial charge in [-0.15, -0.1) is 0 Å². The molecule has 0 aromatic heterocycles. The fourth-order valence-corrected chi connectivity index (χ4v) is 3.10. The molecule has 0 fully saturated rings. The van der Waals surface area contributed by atoms with Crippen LogP contribution in [0.2, 0.25) is 0 Å². The number of nitrogens with zero attached hydrogens (tertiary/aromatic N) is 4. The lowest BCUT2D eigenvalue weighted by atomic mass is 9.91. The third-order valence-corrected chi connectivity index (χ3v) is 5.02. The van der Waals surface area contributed by atoms with Crippen LogP contribution in [0, 0.1) is 52.2 Å². The van der Waals surface area contributed by atoms with E-state index in [1.807, 2.05) is 55.5 Å². The minimum Gasteiger partial charge on any atom is -0.493 e. The number of benzene rings is 2. The third kappa shape index (κ3) is 8.41. The molecule has 0 N–H and O–H groups in total. The van der Waals surface area contributed by atoms with Crippen LogP contribution in [-0.2, 0) is 9.53 Å². The maximum atomic E-state index is 11.4. The van der Waals surface area contributed by atoms with E-state index in [2.05, 4.69) is 6.58 Å². The second-order valence-corrected chi connectivity index (χ2v) is 7.90. The first-order valence-corrected chi connectivity index (χ1v) is 11.2. The zero-order chi connectivity index (χ0) is 27.2. The minimum absolute atomic E-state index is 0.121. The predicted octanol–water partition coefficient (Wildman–Crippen LogP) is 5.74. The van der Waals surface area contributed by atoms with E-state index in [9.17, 15) is 25.8 Å². The van der Waals surface area contributed by atoms with Crippen LogP contribution < -0.4 is 4.74 Å². The van der Waals surface area contributed by atoms with Gasteiger partial charge in [0, 0.05) is 12.0 Å². The fraction of sp³-hybridized carbons (Fsp3) is 0.167. The number of hydrogen-bond donors (Lipinski definition) is 0. The van der Waals surface area contributed by atoms with Crippen molar-refractivity contribution in [2.24, 2.45) is 0 Å². The van der Waals surface area contributed by atoms with E-state index in [1.54, 1.807) is 31.2 Å². The van der Waals surface area contributed by atoms with E-state index < -0.39 is 5.97 Å². The number of carbonyl (C=O) groups is 1. The topological polar surface area (TPSA) is 131 Å². The van der Waals surface area contributed by atoms with Crippen LogP contribution in [0.4, 0.5) is 0 Å². The molecule has 0 aliphatic heterocycles. The van der Waals surface area contributed by atoms with Crippen molar-refractivity contribution >= 4 is 17.1 Å². The summed E-state index contributed by atoms with van der Waals surface area (Å²) in [6.45, 7) is 7.58. The van der Waals surface area contributed by atoms with Crippen LogP contribution in [0.1, 0.15) is 30.0 Å². The van der Waals surface area contributed by atoms with E-state index in [-0.39, 0.29) is 17.8 Å². The Hall–Kier alpha value is -5.37. The van der Waals surface area contributed by atoms with E-state index in [0.717, 1.165) is 5.56 Å². The molecule has 0 spiro atoms. The van der Waals surface area contributed by atoms with Crippen molar-refractivity contribution in [2.75, 3.05) is 13.2 Å². The Morgan fingerprint density at radius 3 is 1.70 bits per heavy atom. The summed E-state index contributed by atoms with van der Waals surface area (Å²) in [5, 5.41) is 37.5. The van der Waals surface area contributed by atoms with Gasteiger partial charge in [0.05, 0.1) is 13.2 Å². The average Bonchev–Trinajstić information content (AvgIpc) is 2.91. The van der Waals surface area contributed by atoms with Gasteiger partial charge in [0.15, 0.2) is 0 Å². The van der Waals surface area contributed by atoms with Gasteiger partial charge in [0.1, 0.15) is 41.2 Å². The number of carbonyl (C=O) groups excluding carboxylic acids is 1. The predicted molar refractivity (Wildman–Crippen MR) is 139 cm³/mol. The van der Waals surface area contributed by atoms with Crippen molar-refractivity contribution in [3.63, 3.8) is 0 Å². The number of aryl methyl sites for hydroxylation is 1. The lowest BCUT2D eigenvalue weighted by Gasteiger charge is -2.13. The van der Waals surface area contributed by atoms with Gasteiger partial charge in [-0.05, 0) is 60.4 Å². The summed E-state index contributed by atoms with van der Waals surface area (Å²) in [5.74, 6) is 0.126. The number of nitriles is 4. The van der Waals surface area contributed by atoms with Crippen molar-refractivity contribution in [1.82, 2.24) is 0 Å². The number of allylic oxidation sites excluding steroid dienone is 6. The number of rotatable bonds is 10. The Kier molecular flexibility index (Phi) is 10.6. The standard InChI is InChI=1S/C30H24N4O3/c1-21(2)30(35)37-14-4-13-36-27-11-9-26(10-12-27)29(16-24(19-33)20-34)28(15-23(17-31)18-32)25-7-5-22(3)6-8-25/h5-12,15-16H,1,4,13-14H2,2-3H3/b29-28+. The zero-order valence-corrected chi connectivity index (χ0v) is 20.6. The molecule has 0 heterocycles. The van der Waals surface area contributed by atoms with Gasteiger partial charge in [-0.1, -0.05) is 48.5 Å². The van der Waals surface area contributed by atoms with Gasteiger partial charge < -0.3 is 9.47 Å². The van der Waals surface area contributed by atoms with Crippen molar-refractivity contribution in [1.29, 1.82) is 21.0 Å². The highest BCUT2D eigenvalue weighted by molar-refractivity contribution is 6.01. The molecule has 2 aromatic carbocycles. The molecule has 0 amide bonds. The maximum absolute atomic E-state index is 11.4. The van der Waals surface area contributed by atoms with Gasteiger partial charge in [-0.25, -0.2) is 4.79 Å². The first-order chi connectivity index (χ1) is 17.8. The summed E-state index contributed by atoms with van der Waals surface area (Å²) in [6, 6.07) is 21.9. The summed E-state index contributed by atoms with van der Waals surface area (Å²) >= 11 is 0. The summed E-state index contributed by atoms with van der Waals surface area (Å²) in [4.78, 5) is 11.4. The number of ether oxygens (including phenoxy) is 2. The quantitative estimate of drug-likeness (QED) is 0.104. The molecule has 0 saturated carbocycles. The second kappa shape index (κ2) is 14.1. The molecule has 0 saturated heterocycles. The monoisotopic (exact) mass is 488 g/mol. The van der Waals surface area contributed by atoms with Crippen molar-refractivity contribution in [3.05, 3.63) is 101 Å². The third-order valence-electron chi connectivity index (χ3n) is 5.02. The SMILES string of the molecule is C=C(C)C(=O)OCCCOc1ccc(/C(C=C(C#N)C#N)=C(\C=C(C#N)C#N)c2ccc(C)cc2)cc1. The highest BCUT2D eigenvalue weighted by atomic mass is 16.5. The van der Waals surface area contributed by atoms with Gasteiger partial charge in [0.2, 0.25) is 0 Å². The molecule has 7 heteroatoms. The molecule has 7 nitrogen and oxygen atoms in total. The molecule has 2 rings (SSSR count). The second-order valence-electron chi connectivity index (χ2n) is 7.90. The lowest BCUT2D eigenvalue weighted by molar-refractivity contribution is -0.139. The van der Waals surface area contributed by atoms with Crippen LogP contribution in [0.25, 0.3) is 11.1 Å². The largest absolute Gasteiger partial charge is 0.493 e. The van der Waals surface area contributed by atoms with Crippen LogP contribution in [0.15, 0.2) is 84.0 Å². The summed E-state index contributed by atoms with van der Waals surface area (Å²) in [6.07, 6.45) is 3.37. The molecule has 2 aromatic rings. The molecule has 0 atom stereocenters. The summed E-state index contributed by atoms with van der Waals surface area (Å²) in [7, 11) is 0. The molecule has 0 radical (unpaired) electrons. The van der Waals surface area contributed by atoms with Gasteiger partial charge in [0.25, 0.3) is 0 Å². The van der Waals surface area contributed by atoms with Crippen molar-refractivity contribution in [2.45, 2.75) is 20.3 Å². The highest BCUT2D eigenvalue weighted by Gasteiger charge is 2.12. The van der Waals surface area contributed by atoms with Crippen LogP contribution in [0.5, 0.6) is 5.75 Å². The van der Waals surface area contributed by atoms with Gasteiger partial charge in [-0.3, -0.25) is 0 Å². The van der Waals surface area contributed by atoms with E-state index in [1.165, 1.54) is 12.2 Å². The summed E-state index contributed by atoms with van der Waals surface area (Å²) in [5.41, 5.74) is 3.46. The maximum Gasteiger partial charge on any atom is 0.333 e. The number of hydrogen-bond acceptors (Lipinski definition) is 7. The Morgan fingerprint density at radius 1 is 0.811 bits per heavy atom. The average molecular weight is 489 g/mol. The first kappa shape index (κ1) is 27.9. The minimum atomic E-state index is -0.444. The summed E-state index contributed by atoms with van der Waals surface area (Å²) < 4.78 is 10.8. The van der Waals surface area contributed by atoms with E-state index in [4.69, 9.17) is 9.47 Å². The fourth-order valence-electron chi connectivity index (χ4n) is 3.10. The molecule has 0 bridgehead atoms. The Morgan fingerprint density at radius 2 is 1.27 bits per heavy atom. The van der Waals surface area contributed by atoms with Crippen molar-refractivity contribution < 1.29 is 14.3 Å². The molecule has 0 aliphatic rings. The molecule has 0 unspecified atom stereocenters. The molecule has 182 valence electrons. The molecule has 0 aliphatic carbocycles. The van der Waals surface area contributed by atoms with Crippen molar-refractivity contribution in [3.8, 4) is 30.0 Å². The Labute approximate surface area is 216 Å². The normalized spacial score (nSPS) is 10.2. The van der Waals surface area contributed by atoms with Crippen LogP contribution in [-0.4, -0.2) is 19.2 Å². The van der Waals surface area contributed by atoms with Crippen LogP contribution >= 0.6 is 0 Å². The lowest BCUT2D eigenvalue weighted by Crippen LogP contribution is -2.09. The smallest absolute Gasteiger partial charge is 0.333 e. The van der Waals surface area contributed by atoms with E-state index >= 15 is 0 Å². The molecule has 37 heavy (non-hydrogen) atoms. The Balaban J connectivity index is 2.47. The highest BCUT2D eigenvalue weighted by Crippen LogP contribution is 2.32. The zero-order valence-electron chi connectivity index (χ0n) is 20.6. The van der Waals surface area contributed by atoms with E-state index in [0.29, 0.717) is 46.6 Å². The van der Waals surface area contributed by atoms with Crippen LogP contribution in [0.3, 0.4) is 0 Å². The Bertz CT molecular complexity index is 1380. The van der Waals surface area contributed by atoms with Gasteiger partial charge >= 0.3 is 5.97 Å². The molecular formula is C30H24N4O3.